The Bertz CT molecular complexity index is 1420. The number of esters is 1. The number of nitrogens with one attached hydrogen (secondary N) is 1. The van der Waals surface area contributed by atoms with E-state index in [9.17, 15) is 14.7 Å². The van der Waals surface area contributed by atoms with E-state index < -0.39 is 11.9 Å². The molecule has 0 spiro atoms. The lowest BCUT2D eigenvalue weighted by atomic mass is 9.88. The van der Waals surface area contributed by atoms with Gasteiger partial charge in [0, 0.05) is 35.3 Å². The molecule has 0 bridgehead atoms. The monoisotopic (exact) mass is 488 g/mol. The zero-order chi connectivity index (χ0) is 25.8. The van der Waals surface area contributed by atoms with Crippen molar-refractivity contribution in [3.8, 4) is 11.5 Å². The van der Waals surface area contributed by atoms with Crippen LogP contribution in [0.1, 0.15) is 48.6 Å². The van der Waals surface area contributed by atoms with Gasteiger partial charge in [0.25, 0.3) is 5.56 Å². The van der Waals surface area contributed by atoms with Gasteiger partial charge in [0.2, 0.25) is 0 Å². The van der Waals surface area contributed by atoms with Crippen LogP contribution < -0.4 is 10.3 Å². The number of hydrogen-bond acceptors (Lipinski definition) is 5. The molecule has 7 nitrogen and oxygen atoms in total. The molecule has 0 radical (unpaired) electrons. The van der Waals surface area contributed by atoms with Gasteiger partial charge in [0.15, 0.2) is 0 Å². The number of aromatic amines is 1. The van der Waals surface area contributed by atoms with Crippen LogP contribution in [0, 0.1) is 6.92 Å². The maximum atomic E-state index is 13.7. The number of ether oxygens (including phenoxy) is 2. The van der Waals surface area contributed by atoms with Crippen molar-refractivity contribution in [3.05, 3.63) is 93.5 Å². The number of pyridine rings is 1. The van der Waals surface area contributed by atoms with Gasteiger partial charge in [0.1, 0.15) is 11.5 Å². The lowest BCUT2D eigenvalue weighted by molar-refractivity contribution is -0.140. The summed E-state index contributed by atoms with van der Waals surface area (Å²) >= 11 is 0. The highest BCUT2D eigenvalue weighted by molar-refractivity contribution is 5.83. The average molecular weight is 489 g/mol. The quantitative estimate of drug-likeness (QED) is 0.321. The predicted molar refractivity (Wildman–Crippen MR) is 140 cm³/mol. The van der Waals surface area contributed by atoms with E-state index in [0.29, 0.717) is 24.4 Å². The summed E-state index contributed by atoms with van der Waals surface area (Å²) < 4.78 is 12.3. The van der Waals surface area contributed by atoms with E-state index in [1.54, 1.807) is 29.7 Å². The van der Waals surface area contributed by atoms with E-state index in [-0.39, 0.29) is 29.4 Å². The van der Waals surface area contributed by atoms with Gasteiger partial charge in [-0.3, -0.25) is 9.59 Å². The second-order valence-electron chi connectivity index (χ2n) is 9.22. The number of methoxy groups -OCH3 is 1. The number of benzene rings is 2. The molecule has 0 aliphatic carbocycles. The molecule has 2 aromatic carbocycles. The number of aromatic nitrogens is 2. The molecular formula is C29H32N2O5. The highest BCUT2D eigenvalue weighted by Crippen LogP contribution is 2.33. The zero-order valence-corrected chi connectivity index (χ0v) is 21.1. The Morgan fingerprint density at radius 3 is 2.53 bits per heavy atom. The fourth-order valence-electron chi connectivity index (χ4n) is 4.63. The van der Waals surface area contributed by atoms with Crippen LogP contribution in [0.2, 0.25) is 0 Å². The summed E-state index contributed by atoms with van der Waals surface area (Å²) in [5.41, 5.74) is 3.39. The van der Waals surface area contributed by atoms with Crippen molar-refractivity contribution in [2.45, 2.75) is 52.2 Å². The van der Waals surface area contributed by atoms with Crippen LogP contribution in [0.4, 0.5) is 0 Å². The summed E-state index contributed by atoms with van der Waals surface area (Å²) in [7, 11) is 1.31. The molecule has 1 unspecified atom stereocenters. The number of hydrogen-bond donors (Lipinski definition) is 2. The Morgan fingerprint density at radius 1 is 1.11 bits per heavy atom. The van der Waals surface area contributed by atoms with E-state index >= 15 is 0 Å². The van der Waals surface area contributed by atoms with Gasteiger partial charge in [-0.2, -0.15) is 0 Å². The van der Waals surface area contributed by atoms with Crippen LogP contribution >= 0.6 is 0 Å². The van der Waals surface area contributed by atoms with Gasteiger partial charge in [0.05, 0.1) is 25.2 Å². The highest BCUT2D eigenvalue weighted by atomic mass is 16.5. The smallest absolute Gasteiger partial charge is 0.306 e. The van der Waals surface area contributed by atoms with Crippen molar-refractivity contribution < 1.29 is 19.4 Å². The fourth-order valence-corrected chi connectivity index (χ4v) is 4.63. The zero-order valence-electron chi connectivity index (χ0n) is 21.1. The molecule has 0 fully saturated rings. The molecule has 0 amide bonds. The van der Waals surface area contributed by atoms with Crippen molar-refractivity contribution in [2.75, 3.05) is 7.11 Å². The minimum Gasteiger partial charge on any atom is -0.507 e. The van der Waals surface area contributed by atoms with Crippen LogP contribution in [-0.4, -0.2) is 33.8 Å². The first-order chi connectivity index (χ1) is 17.3. The van der Waals surface area contributed by atoms with E-state index in [1.165, 1.54) is 7.11 Å². The molecule has 0 aliphatic rings. The van der Waals surface area contributed by atoms with Gasteiger partial charge < -0.3 is 24.1 Å². The van der Waals surface area contributed by atoms with Crippen LogP contribution in [0.3, 0.4) is 0 Å². The van der Waals surface area contributed by atoms with E-state index in [4.69, 9.17) is 9.47 Å². The molecule has 188 valence electrons. The Labute approximate surface area is 210 Å². The van der Waals surface area contributed by atoms with Crippen molar-refractivity contribution in [1.82, 2.24) is 9.55 Å². The Balaban J connectivity index is 1.71. The van der Waals surface area contributed by atoms with Crippen molar-refractivity contribution >= 4 is 16.9 Å². The topological polar surface area (TPSA) is 93.6 Å². The first-order valence-corrected chi connectivity index (χ1v) is 12.1. The highest BCUT2D eigenvalue weighted by Gasteiger charge is 2.26. The second kappa shape index (κ2) is 10.7. The van der Waals surface area contributed by atoms with Gasteiger partial charge >= 0.3 is 5.97 Å². The molecular weight excluding hydrogens is 456 g/mol. The Kier molecular flexibility index (Phi) is 7.48. The molecule has 0 saturated heterocycles. The molecule has 2 aromatic heterocycles. The van der Waals surface area contributed by atoms with Gasteiger partial charge in [-0.15, -0.1) is 0 Å². The van der Waals surface area contributed by atoms with E-state index in [1.807, 2.05) is 50.4 Å². The second-order valence-corrected chi connectivity index (χ2v) is 9.22. The largest absolute Gasteiger partial charge is 0.507 e. The number of carbonyl (C=O) groups is 1. The molecule has 2 heterocycles. The third-order valence-corrected chi connectivity index (χ3v) is 6.40. The lowest BCUT2D eigenvalue weighted by Crippen LogP contribution is -2.29. The molecule has 36 heavy (non-hydrogen) atoms. The van der Waals surface area contributed by atoms with Crippen molar-refractivity contribution in [1.29, 1.82) is 0 Å². The first-order valence-electron chi connectivity index (χ1n) is 12.1. The number of aryl methyl sites for hydroxylation is 2. The third-order valence-electron chi connectivity index (χ3n) is 6.40. The SMILES string of the molecule is COC(=O)CC(c1ccc(OC(C)C)cc1)c1c(O)cc(C)n(CCc2c[nH]c3ccccc23)c1=O. The van der Waals surface area contributed by atoms with E-state index in [0.717, 1.165) is 22.0 Å². The van der Waals surface area contributed by atoms with Crippen LogP contribution in [0.5, 0.6) is 11.5 Å². The molecule has 4 rings (SSSR count). The standard InChI is InChI=1S/C29H32N2O5/c1-18(2)36-22-11-9-20(10-12-22)24(16-27(33)35-4)28-26(32)15-19(3)31(29(28)34)14-13-21-17-30-25-8-6-5-7-23(21)25/h5-12,15,17-18,24,30,32H,13-14,16H2,1-4H3. The van der Waals surface area contributed by atoms with E-state index in [2.05, 4.69) is 11.1 Å². The minimum atomic E-state index is -0.669. The molecule has 7 heteroatoms. The minimum absolute atomic E-state index is 0.0206. The summed E-state index contributed by atoms with van der Waals surface area (Å²) in [5.74, 6) is -0.572. The molecule has 1 atom stereocenters. The molecule has 2 N–H and O–H groups in total. The number of rotatable bonds is 9. The number of nitrogens with zero attached hydrogens (tertiary/aromatic N) is 1. The fraction of sp³-hybridized carbons (Fsp3) is 0.310. The number of fused-ring (bicyclic) bond motifs is 1. The number of para-hydroxylation sites is 1. The molecule has 0 saturated carbocycles. The number of aromatic hydroxyl groups is 1. The van der Waals surface area contributed by atoms with Crippen molar-refractivity contribution in [3.63, 3.8) is 0 Å². The lowest BCUT2D eigenvalue weighted by Gasteiger charge is -2.21. The summed E-state index contributed by atoms with van der Waals surface area (Å²) in [6.07, 6.45) is 2.55. The Hall–Kier alpha value is -4.00. The maximum Gasteiger partial charge on any atom is 0.306 e. The number of H-pyrrole nitrogens is 1. The average Bonchev–Trinajstić information content (AvgIpc) is 3.26. The van der Waals surface area contributed by atoms with Gasteiger partial charge in [-0.25, -0.2) is 0 Å². The van der Waals surface area contributed by atoms with Gasteiger partial charge in [-0.1, -0.05) is 30.3 Å². The third kappa shape index (κ3) is 5.30. The predicted octanol–water partition coefficient (Wildman–Crippen LogP) is 5.07. The summed E-state index contributed by atoms with van der Waals surface area (Å²) in [6, 6.07) is 16.9. The number of carbonyl (C=O) groups excluding carboxylic acids is 1. The van der Waals surface area contributed by atoms with Crippen molar-refractivity contribution in [2.24, 2.45) is 0 Å². The normalized spacial score (nSPS) is 12.1. The van der Waals surface area contributed by atoms with Crippen LogP contribution in [-0.2, 0) is 22.5 Å². The Morgan fingerprint density at radius 2 is 1.83 bits per heavy atom. The van der Waals surface area contributed by atoms with Crippen LogP contribution in [0.25, 0.3) is 10.9 Å². The summed E-state index contributed by atoms with van der Waals surface area (Å²) in [5, 5.41) is 12.0. The van der Waals surface area contributed by atoms with Gasteiger partial charge in [-0.05, 0) is 62.6 Å². The summed E-state index contributed by atoms with van der Waals surface area (Å²) in [6.45, 7) is 6.12. The van der Waals surface area contributed by atoms with Crippen LogP contribution in [0.15, 0.2) is 65.6 Å². The molecule has 0 aliphatic heterocycles. The first kappa shape index (κ1) is 25.1. The summed E-state index contributed by atoms with van der Waals surface area (Å²) in [4.78, 5) is 29.3. The maximum absolute atomic E-state index is 13.7. The molecule has 4 aromatic rings.